The quantitative estimate of drug-likeness (QED) is 0.0743. The molecule has 12 unspecified atom stereocenters. The Morgan fingerprint density at radius 1 is 1.00 bits per heavy atom. The van der Waals surface area contributed by atoms with Crippen molar-refractivity contribution in [2.24, 2.45) is 79.5 Å². The number of hydrogen-bond acceptors (Lipinski definition) is 7. The second-order valence-corrected chi connectivity index (χ2v) is 22.0. The Labute approximate surface area is 364 Å². The molecule has 12 atom stereocenters. The molecule has 10 heteroatoms. The van der Waals surface area contributed by atoms with E-state index in [0.29, 0.717) is 42.4 Å². The van der Waals surface area contributed by atoms with Gasteiger partial charge in [-0.3, -0.25) is 14.6 Å². The zero-order chi connectivity index (χ0) is 44.3. The Morgan fingerprint density at radius 2 is 1.69 bits per heavy atom. The molecule has 0 saturated heterocycles. The van der Waals surface area contributed by atoms with Crippen LogP contribution in [0.1, 0.15) is 105 Å². The van der Waals surface area contributed by atoms with Gasteiger partial charge in [0, 0.05) is 64.5 Å². The molecule has 4 fully saturated rings. The van der Waals surface area contributed by atoms with Gasteiger partial charge in [0.15, 0.2) is 11.7 Å². The van der Waals surface area contributed by atoms with Gasteiger partial charge in [0.2, 0.25) is 0 Å². The van der Waals surface area contributed by atoms with Crippen LogP contribution < -0.4 is 11.5 Å². The van der Waals surface area contributed by atoms with Crippen molar-refractivity contribution in [1.82, 2.24) is 0 Å². The fourth-order valence-electron chi connectivity index (χ4n) is 16.7. The molecule has 8 N–H and O–H groups in total. The number of carboxylic acids is 1. The van der Waals surface area contributed by atoms with Crippen molar-refractivity contribution in [2.75, 3.05) is 6.54 Å². The third kappa shape index (κ3) is 4.87. The van der Waals surface area contributed by atoms with Gasteiger partial charge in [-0.15, -0.1) is 0 Å². The largest absolute Gasteiger partial charge is 0.478 e. The molecule has 0 aromatic heterocycles. The fraction of sp³-hybridized carbons (Fsp3) is 0.577. The van der Waals surface area contributed by atoms with Gasteiger partial charge in [0.1, 0.15) is 22.6 Å². The van der Waals surface area contributed by atoms with Gasteiger partial charge in [-0.05, 0) is 95.3 Å². The van der Waals surface area contributed by atoms with Crippen molar-refractivity contribution in [1.29, 1.82) is 0 Å². The number of nitrogens with two attached hydrogens (primary N) is 2. The first-order valence-corrected chi connectivity index (χ1v) is 23.0. The summed E-state index contributed by atoms with van der Waals surface area (Å²) in [6.45, 7) is 11.9. The highest BCUT2D eigenvalue weighted by atomic mass is 16.4. The molecule has 10 rings (SSSR count). The van der Waals surface area contributed by atoms with E-state index in [1.54, 1.807) is 0 Å². The summed E-state index contributed by atoms with van der Waals surface area (Å²) in [6, 6.07) is 9.96. The molecule has 1 aromatic rings. The second kappa shape index (κ2) is 13.1. The maximum Gasteiger partial charge on any atom is 0.331 e. The number of fused-ring (bicyclic) bond motifs is 3. The van der Waals surface area contributed by atoms with Crippen LogP contribution in [0.25, 0.3) is 6.08 Å². The van der Waals surface area contributed by atoms with Crippen LogP contribution in [-0.2, 0) is 14.4 Å². The van der Waals surface area contributed by atoms with Gasteiger partial charge in [-0.2, -0.15) is 0 Å². The maximum atomic E-state index is 15.9. The topological polar surface area (TPSA) is 197 Å². The van der Waals surface area contributed by atoms with E-state index in [-0.39, 0.29) is 47.9 Å². The van der Waals surface area contributed by atoms with Crippen LogP contribution in [0.5, 0.6) is 0 Å². The number of benzene rings is 1. The summed E-state index contributed by atoms with van der Waals surface area (Å²) >= 11 is 0. The number of aliphatic imine (C=N–C) groups is 1. The Hall–Kier alpha value is -4.38. The Balaban J connectivity index is 1.32. The number of Topliss-reactive ketones (excluding diaryl/α,β-unsaturated/α-hetero) is 2. The highest BCUT2D eigenvalue weighted by molar-refractivity contribution is 6.02. The molecule has 328 valence electrons. The van der Waals surface area contributed by atoms with Gasteiger partial charge < -0.3 is 31.9 Å². The standard InChI is InChI=1S/C52H63N3O7/c1-27(44(58)59)23-50(60)32-19-17-30-22-31-24-51(61)33(18-16-28-12-8-7-9-13-28)42-46(2,3)36(57)20-21-47(42,4)39-35(56)25-48(5)40(41(38(30)32)52(31,62)49(48,6)43(39)51)37(29-14-10-11-15-29)34(50)26-55-45(53)54/h7-9,12-13,16,18-19,23-24,29,33-34,37,40-42,60-62H,10-11,14-15,17,20-22,25-26H2,1-6H3,(H,58,59)(H4,53,54,55). The number of carbonyl (C=O) groups excluding carboxylic acids is 2. The lowest BCUT2D eigenvalue weighted by Gasteiger charge is -2.69. The molecule has 10 nitrogen and oxygen atoms in total. The lowest BCUT2D eigenvalue weighted by atomic mass is 9.35. The Morgan fingerprint density at radius 3 is 2.35 bits per heavy atom. The van der Waals surface area contributed by atoms with E-state index in [9.17, 15) is 30.0 Å². The lowest BCUT2D eigenvalue weighted by Crippen LogP contribution is -2.71. The van der Waals surface area contributed by atoms with E-state index >= 15 is 4.79 Å². The van der Waals surface area contributed by atoms with Gasteiger partial charge in [0.05, 0.1) is 0 Å². The molecule has 9 aliphatic carbocycles. The fourth-order valence-corrected chi connectivity index (χ4v) is 16.7. The number of hydrogen-bond donors (Lipinski definition) is 6. The molecule has 1 aromatic carbocycles. The highest BCUT2D eigenvalue weighted by Gasteiger charge is 2.85. The van der Waals surface area contributed by atoms with Crippen LogP contribution >= 0.6 is 0 Å². The average Bonchev–Trinajstić information content (AvgIpc) is 3.91. The molecular weight excluding hydrogens is 779 g/mol. The van der Waals surface area contributed by atoms with Crippen molar-refractivity contribution in [3.63, 3.8) is 0 Å². The van der Waals surface area contributed by atoms with Gasteiger partial charge in [0.25, 0.3) is 0 Å². The number of ketones is 2. The number of carboxylic acid groups (broad SMARTS) is 1. The Bertz CT molecular complexity index is 2450. The van der Waals surface area contributed by atoms with E-state index in [0.717, 1.165) is 48.0 Å². The van der Waals surface area contributed by atoms with Crippen LogP contribution in [0.3, 0.4) is 0 Å². The molecule has 4 saturated carbocycles. The minimum Gasteiger partial charge on any atom is -0.478 e. The van der Waals surface area contributed by atoms with Crippen LogP contribution in [-0.4, -0.2) is 67.3 Å². The van der Waals surface area contributed by atoms with E-state index in [2.05, 4.69) is 31.8 Å². The summed E-state index contributed by atoms with van der Waals surface area (Å²) in [5.41, 5.74) is 8.58. The number of nitrogens with zero attached hydrogens (tertiary/aromatic N) is 1. The first-order valence-electron chi connectivity index (χ1n) is 23.0. The number of carbonyl (C=O) groups is 3. The van der Waals surface area contributed by atoms with Crippen molar-refractivity contribution in [3.05, 3.63) is 99.2 Å². The predicted octanol–water partition coefficient (Wildman–Crippen LogP) is 6.77. The van der Waals surface area contributed by atoms with Crippen molar-refractivity contribution >= 4 is 29.6 Å². The molecule has 0 heterocycles. The molecule has 0 radical (unpaired) electrons. The first-order chi connectivity index (χ1) is 29.1. The molecular formula is C52H63N3O7. The minimum atomic E-state index is -1.81. The summed E-state index contributed by atoms with van der Waals surface area (Å²) in [4.78, 5) is 47.2. The third-order valence-corrected chi connectivity index (χ3v) is 19.1. The molecule has 0 spiro atoms. The molecule has 0 bridgehead atoms. The first kappa shape index (κ1) is 41.6. The molecule has 9 aliphatic rings. The number of guanidine groups is 1. The molecule has 62 heavy (non-hydrogen) atoms. The third-order valence-electron chi connectivity index (χ3n) is 19.1. The van der Waals surface area contributed by atoms with Crippen LogP contribution in [0.4, 0.5) is 0 Å². The van der Waals surface area contributed by atoms with Crippen LogP contribution in [0, 0.1) is 63.1 Å². The summed E-state index contributed by atoms with van der Waals surface area (Å²) in [6.07, 6.45) is 14.9. The van der Waals surface area contributed by atoms with Crippen molar-refractivity contribution in [3.8, 4) is 0 Å². The zero-order valence-corrected chi connectivity index (χ0v) is 37.0. The van der Waals surface area contributed by atoms with E-state index < -0.39 is 74.0 Å². The Kier molecular flexibility index (Phi) is 8.80. The predicted molar refractivity (Wildman–Crippen MR) is 237 cm³/mol. The van der Waals surface area contributed by atoms with Gasteiger partial charge >= 0.3 is 5.97 Å². The van der Waals surface area contributed by atoms with E-state index in [1.165, 1.54) is 13.0 Å². The summed E-state index contributed by atoms with van der Waals surface area (Å²) in [7, 11) is 0. The SMILES string of the molecule is CC(=CC1(O)C2=CCC3=C2C2C(C(C4CCCC4)C1CN=C(N)N)C1(C)CC(=O)C4=C5C(O)(C=C(C3)C2(O)C51C)C(C=Cc1ccccc1)C1C(C)(C)C(=O)CCC41C)C(=O)O. The van der Waals surface area contributed by atoms with Crippen LogP contribution in [0.2, 0.25) is 0 Å². The monoisotopic (exact) mass is 841 g/mol. The van der Waals surface area contributed by atoms with Gasteiger partial charge in [-0.25, -0.2) is 4.79 Å². The van der Waals surface area contributed by atoms with Gasteiger partial charge in [-0.1, -0.05) is 114 Å². The minimum absolute atomic E-state index is 0.000555. The van der Waals surface area contributed by atoms with Crippen LogP contribution in [0.15, 0.2) is 98.6 Å². The summed E-state index contributed by atoms with van der Waals surface area (Å²) in [5, 5.41) is 52.7. The smallest absolute Gasteiger partial charge is 0.331 e. The maximum absolute atomic E-state index is 15.9. The number of allylic oxidation sites excluding steroid dienone is 3. The molecule has 0 aliphatic heterocycles. The van der Waals surface area contributed by atoms with Crippen molar-refractivity contribution in [2.45, 2.75) is 116 Å². The van der Waals surface area contributed by atoms with E-state index in [4.69, 9.17) is 11.5 Å². The number of aliphatic carboxylic acids is 1. The normalized spacial score (nSPS) is 43.9. The number of rotatable bonds is 7. The summed E-state index contributed by atoms with van der Waals surface area (Å²) in [5.74, 6) is -4.28. The molecule has 0 amide bonds. The zero-order valence-electron chi connectivity index (χ0n) is 37.0. The second-order valence-electron chi connectivity index (χ2n) is 22.0. The highest BCUT2D eigenvalue weighted by Crippen LogP contribution is 2.84. The summed E-state index contributed by atoms with van der Waals surface area (Å²) < 4.78 is 0. The number of aliphatic hydroxyl groups is 3. The van der Waals surface area contributed by atoms with Crippen molar-refractivity contribution < 1.29 is 34.8 Å². The van der Waals surface area contributed by atoms with E-state index in [1.807, 2.05) is 62.4 Å². The lowest BCUT2D eigenvalue weighted by molar-refractivity contribution is -0.165. The average molecular weight is 842 g/mol.